The molecule has 2 rings (SSSR count). The van der Waals surface area contributed by atoms with E-state index in [0.717, 1.165) is 0 Å². The Labute approximate surface area is 105 Å². The fourth-order valence-corrected chi connectivity index (χ4v) is 2.51. The van der Waals surface area contributed by atoms with Crippen LogP contribution in [0, 0.1) is 10.8 Å². The smallest absolute Gasteiger partial charge is 0.311 e. The van der Waals surface area contributed by atoms with Crippen LogP contribution in [0.1, 0.15) is 26.2 Å². The van der Waals surface area contributed by atoms with Gasteiger partial charge < -0.3 is 15.3 Å². The largest absolute Gasteiger partial charge is 0.481 e. The molecular weight excluding hydrogens is 236 g/mol. The molecule has 2 aliphatic rings. The van der Waals surface area contributed by atoms with Gasteiger partial charge in [0.2, 0.25) is 11.8 Å². The predicted octanol–water partition coefficient (Wildman–Crippen LogP) is -0.164. The molecule has 1 saturated heterocycles. The number of nitrogens with zero attached hydrogens (tertiary/aromatic N) is 1. The normalized spacial score (nSPS) is 28.9. The third-order valence-corrected chi connectivity index (χ3v) is 4.10. The van der Waals surface area contributed by atoms with Crippen LogP contribution in [0.3, 0.4) is 0 Å². The maximum atomic E-state index is 12.3. The average Bonchev–Trinajstić information content (AvgIpc) is 3.05. The zero-order chi connectivity index (χ0) is 13.6. The van der Waals surface area contributed by atoms with E-state index < -0.39 is 16.8 Å². The fourth-order valence-electron chi connectivity index (χ4n) is 2.51. The maximum absolute atomic E-state index is 12.3. The van der Waals surface area contributed by atoms with Crippen molar-refractivity contribution in [1.82, 2.24) is 10.2 Å². The molecule has 1 aliphatic carbocycles. The van der Waals surface area contributed by atoms with Crippen molar-refractivity contribution in [3.05, 3.63) is 0 Å². The van der Waals surface area contributed by atoms with Gasteiger partial charge in [0.25, 0.3) is 0 Å². The molecule has 1 unspecified atom stereocenters. The van der Waals surface area contributed by atoms with Gasteiger partial charge in [-0.3, -0.25) is 14.4 Å². The third kappa shape index (κ3) is 1.76. The Bertz CT molecular complexity index is 416. The van der Waals surface area contributed by atoms with E-state index in [1.54, 1.807) is 6.92 Å². The Morgan fingerprint density at radius 2 is 1.83 bits per heavy atom. The van der Waals surface area contributed by atoms with Crippen molar-refractivity contribution < 1.29 is 19.5 Å². The van der Waals surface area contributed by atoms with Gasteiger partial charge in [-0.2, -0.15) is 0 Å². The van der Waals surface area contributed by atoms with E-state index in [2.05, 4.69) is 5.32 Å². The maximum Gasteiger partial charge on any atom is 0.311 e. The highest BCUT2D eigenvalue weighted by Crippen LogP contribution is 2.48. The number of carbonyl (C=O) groups excluding carboxylic acids is 2. The number of likely N-dealkylation sites (tertiary alicyclic amines) is 1. The monoisotopic (exact) mass is 254 g/mol. The van der Waals surface area contributed by atoms with Gasteiger partial charge in [0.15, 0.2) is 0 Å². The van der Waals surface area contributed by atoms with Crippen molar-refractivity contribution in [2.45, 2.75) is 26.2 Å². The molecule has 1 heterocycles. The van der Waals surface area contributed by atoms with Gasteiger partial charge in [0.05, 0.1) is 5.41 Å². The summed E-state index contributed by atoms with van der Waals surface area (Å²) in [5, 5.41) is 11.6. The Morgan fingerprint density at radius 1 is 1.22 bits per heavy atom. The lowest BCUT2D eigenvalue weighted by atomic mass is 9.90. The molecular formula is C12H18N2O4. The molecule has 1 saturated carbocycles. The molecule has 18 heavy (non-hydrogen) atoms. The third-order valence-electron chi connectivity index (χ3n) is 4.10. The molecule has 0 radical (unpaired) electrons. The van der Waals surface area contributed by atoms with Crippen LogP contribution in [0.5, 0.6) is 0 Å². The van der Waals surface area contributed by atoms with Crippen LogP contribution in [0.15, 0.2) is 0 Å². The standard InChI is InChI=1S/C12H18N2O4/c1-11(10(17)18)5-6-14(7-11)9(16)12(3-4-12)8(15)13-2/h3-7H2,1-2H3,(H,13,15)(H,17,18). The second kappa shape index (κ2) is 3.96. The fraction of sp³-hybridized carbons (Fsp3) is 0.750. The molecule has 0 aromatic carbocycles. The van der Waals surface area contributed by atoms with Crippen molar-refractivity contribution in [3.63, 3.8) is 0 Å². The Balaban J connectivity index is 2.09. The highest BCUT2D eigenvalue weighted by molar-refractivity contribution is 6.08. The highest BCUT2D eigenvalue weighted by Gasteiger charge is 2.59. The quantitative estimate of drug-likeness (QED) is 0.685. The summed E-state index contributed by atoms with van der Waals surface area (Å²) in [5.41, 5.74) is -1.80. The molecule has 6 nitrogen and oxygen atoms in total. The lowest BCUT2D eigenvalue weighted by molar-refractivity contribution is -0.148. The van der Waals surface area contributed by atoms with Crippen LogP contribution < -0.4 is 5.32 Å². The minimum absolute atomic E-state index is 0.194. The first-order valence-corrected chi connectivity index (χ1v) is 6.11. The molecule has 0 aromatic heterocycles. The number of carbonyl (C=O) groups is 3. The molecule has 0 aromatic rings. The summed E-state index contributed by atoms with van der Waals surface area (Å²) < 4.78 is 0. The minimum atomic E-state index is -0.918. The zero-order valence-electron chi connectivity index (χ0n) is 10.7. The summed E-state index contributed by atoms with van der Waals surface area (Å²) in [4.78, 5) is 36.7. The van der Waals surface area contributed by atoms with Crippen molar-refractivity contribution in [1.29, 1.82) is 0 Å². The summed E-state index contributed by atoms with van der Waals surface area (Å²) >= 11 is 0. The van der Waals surface area contributed by atoms with Crippen LogP contribution in [-0.4, -0.2) is 47.9 Å². The van der Waals surface area contributed by atoms with E-state index in [0.29, 0.717) is 25.8 Å². The Kier molecular flexibility index (Phi) is 2.83. The summed E-state index contributed by atoms with van der Waals surface area (Å²) in [6.07, 6.45) is 1.56. The Morgan fingerprint density at radius 3 is 2.22 bits per heavy atom. The van der Waals surface area contributed by atoms with Crippen LogP contribution in [0.4, 0.5) is 0 Å². The first-order chi connectivity index (χ1) is 8.35. The lowest BCUT2D eigenvalue weighted by Gasteiger charge is -2.23. The number of amides is 2. The van der Waals surface area contributed by atoms with E-state index in [4.69, 9.17) is 5.11 Å². The summed E-state index contributed by atoms with van der Waals surface area (Å²) in [5.74, 6) is -1.36. The number of carboxylic acids is 1. The van der Waals surface area contributed by atoms with E-state index in [1.165, 1.54) is 11.9 Å². The summed E-state index contributed by atoms with van der Waals surface area (Å²) in [6.45, 7) is 2.25. The molecule has 100 valence electrons. The average molecular weight is 254 g/mol. The molecule has 6 heteroatoms. The molecule has 1 atom stereocenters. The summed E-state index contributed by atoms with van der Waals surface area (Å²) in [6, 6.07) is 0. The number of carboxylic acid groups (broad SMARTS) is 1. The van der Waals surface area contributed by atoms with Crippen molar-refractivity contribution in [2.24, 2.45) is 10.8 Å². The predicted molar refractivity (Wildman–Crippen MR) is 62.7 cm³/mol. The molecule has 0 spiro atoms. The van der Waals surface area contributed by atoms with Crippen LogP contribution >= 0.6 is 0 Å². The number of nitrogens with one attached hydrogen (secondary N) is 1. The van der Waals surface area contributed by atoms with Gasteiger partial charge in [-0.15, -0.1) is 0 Å². The Hall–Kier alpha value is -1.59. The summed E-state index contributed by atoms with van der Waals surface area (Å²) in [7, 11) is 1.51. The van der Waals surface area contributed by atoms with E-state index >= 15 is 0 Å². The molecule has 2 amide bonds. The van der Waals surface area contributed by atoms with Crippen LogP contribution in [0.25, 0.3) is 0 Å². The lowest BCUT2D eigenvalue weighted by Crippen LogP contribution is -2.44. The van der Waals surface area contributed by atoms with Gasteiger partial charge in [-0.1, -0.05) is 0 Å². The molecule has 0 bridgehead atoms. The SMILES string of the molecule is CNC(=O)C1(C(=O)N2CCC(C)(C(=O)O)C2)CC1. The topological polar surface area (TPSA) is 86.7 Å². The molecule has 2 fully saturated rings. The number of aliphatic carboxylic acids is 1. The van der Waals surface area contributed by atoms with Gasteiger partial charge in [-0.25, -0.2) is 0 Å². The number of hydrogen-bond acceptors (Lipinski definition) is 3. The number of rotatable bonds is 3. The number of hydrogen-bond donors (Lipinski definition) is 2. The van der Waals surface area contributed by atoms with E-state index in [-0.39, 0.29) is 18.4 Å². The molecule has 1 aliphatic heterocycles. The zero-order valence-corrected chi connectivity index (χ0v) is 10.7. The van der Waals surface area contributed by atoms with Gasteiger partial charge >= 0.3 is 5.97 Å². The van der Waals surface area contributed by atoms with Gasteiger partial charge in [0.1, 0.15) is 5.41 Å². The van der Waals surface area contributed by atoms with Gasteiger partial charge in [-0.05, 0) is 26.2 Å². The van der Waals surface area contributed by atoms with E-state index in [1.807, 2.05) is 0 Å². The first kappa shape index (κ1) is 12.9. The second-order valence-electron chi connectivity index (χ2n) is 5.50. The van der Waals surface area contributed by atoms with Crippen LogP contribution in [0.2, 0.25) is 0 Å². The van der Waals surface area contributed by atoms with Crippen molar-refractivity contribution in [3.8, 4) is 0 Å². The highest BCUT2D eigenvalue weighted by atomic mass is 16.4. The van der Waals surface area contributed by atoms with Crippen LogP contribution in [-0.2, 0) is 14.4 Å². The minimum Gasteiger partial charge on any atom is -0.481 e. The van der Waals surface area contributed by atoms with Gasteiger partial charge in [0, 0.05) is 20.1 Å². The van der Waals surface area contributed by atoms with Crippen molar-refractivity contribution in [2.75, 3.05) is 20.1 Å². The van der Waals surface area contributed by atoms with Crippen molar-refractivity contribution >= 4 is 17.8 Å². The second-order valence-corrected chi connectivity index (χ2v) is 5.50. The van der Waals surface area contributed by atoms with E-state index in [9.17, 15) is 14.4 Å². The first-order valence-electron chi connectivity index (χ1n) is 6.11. The molecule has 2 N–H and O–H groups in total.